The van der Waals surface area contributed by atoms with Gasteiger partial charge in [-0.25, -0.2) is 4.98 Å². The molecule has 0 aliphatic rings. The maximum atomic E-state index is 12.5. The minimum absolute atomic E-state index is 0.303. The van der Waals surface area contributed by atoms with E-state index in [0.717, 1.165) is 16.7 Å². The summed E-state index contributed by atoms with van der Waals surface area (Å²) >= 11 is 6.10. The zero-order valence-corrected chi connectivity index (χ0v) is 14.1. The van der Waals surface area contributed by atoms with E-state index in [-0.39, 0.29) is 5.91 Å². The van der Waals surface area contributed by atoms with E-state index < -0.39 is 0 Å². The number of H-pyrrole nitrogens is 1. The van der Waals surface area contributed by atoms with Gasteiger partial charge in [-0.1, -0.05) is 35.9 Å². The molecule has 0 unspecified atom stereocenters. The first-order valence-electron chi connectivity index (χ1n) is 7.69. The SMILES string of the molecule is Cc1cc(NC(=O)c2ccccc2Cl)n(-c2nc3ccccc3[nH]2)n1. The lowest BCUT2D eigenvalue weighted by atomic mass is 10.2. The van der Waals surface area contributed by atoms with Crippen LogP contribution in [0, 0.1) is 6.92 Å². The molecule has 2 aromatic carbocycles. The van der Waals surface area contributed by atoms with E-state index in [2.05, 4.69) is 20.4 Å². The molecule has 2 aromatic heterocycles. The molecule has 0 radical (unpaired) electrons. The summed E-state index contributed by atoms with van der Waals surface area (Å²) in [5, 5.41) is 7.66. The fourth-order valence-corrected chi connectivity index (χ4v) is 2.84. The summed E-state index contributed by atoms with van der Waals surface area (Å²) in [6.45, 7) is 1.85. The summed E-state index contributed by atoms with van der Waals surface area (Å²) in [6.07, 6.45) is 0. The smallest absolute Gasteiger partial charge is 0.258 e. The molecule has 2 N–H and O–H groups in total. The number of aromatic nitrogens is 4. The van der Waals surface area contributed by atoms with Crippen molar-refractivity contribution in [2.45, 2.75) is 6.92 Å². The van der Waals surface area contributed by atoms with Crippen molar-refractivity contribution >= 4 is 34.4 Å². The number of aryl methyl sites for hydroxylation is 1. The number of benzene rings is 2. The zero-order valence-electron chi connectivity index (χ0n) is 13.3. The van der Waals surface area contributed by atoms with Crippen LogP contribution in [-0.2, 0) is 0 Å². The van der Waals surface area contributed by atoms with Crippen LogP contribution in [0.1, 0.15) is 16.1 Å². The Kier molecular flexibility index (Phi) is 3.74. The monoisotopic (exact) mass is 351 g/mol. The van der Waals surface area contributed by atoms with E-state index in [1.54, 1.807) is 35.0 Å². The third-order valence-electron chi connectivity index (χ3n) is 3.77. The van der Waals surface area contributed by atoms with Crippen molar-refractivity contribution < 1.29 is 4.79 Å². The molecule has 0 aliphatic carbocycles. The van der Waals surface area contributed by atoms with Crippen LogP contribution in [0.2, 0.25) is 5.02 Å². The van der Waals surface area contributed by atoms with Crippen LogP contribution in [0.3, 0.4) is 0 Å². The van der Waals surface area contributed by atoms with Crippen LogP contribution in [0.4, 0.5) is 5.82 Å². The van der Waals surface area contributed by atoms with Gasteiger partial charge in [0.2, 0.25) is 5.95 Å². The molecule has 124 valence electrons. The van der Waals surface area contributed by atoms with Crippen LogP contribution in [0.25, 0.3) is 17.0 Å². The molecule has 4 rings (SSSR count). The summed E-state index contributed by atoms with van der Waals surface area (Å²) in [7, 11) is 0. The standard InChI is InChI=1S/C18H14ClN5O/c1-11-10-16(22-17(25)12-6-2-3-7-13(12)19)24(23-11)18-20-14-8-4-5-9-15(14)21-18/h2-10H,1H3,(H,20,21)(H,22,25). The van der Waals surface area contributed by atoms with Crippen LogP contribution in [-0.4, -0.2) is 25.7 Å². The number of imidazole rings is 1. The summed E-state index contributed by atoms with van der Waals surface area (Å²) in [6, 6.07) is 16.4. The number of nitrogens with one attached hydrogen (secondary N) is 2. The summed E-state index contributed by atoms with van der Waals surface area (Å²) in [5.41, 5.74) is 2.89. The fraction of sp³-hybridized carbons (Fsp3) is 0.0556. The van der Waals surface area contributed by atoms with Gasteiger partial charge >= 0.3 is 0 Å². The van der Waals surface area contributed by atoms with Gasteiger partial charge in [-0.2, -0.15) is 9.78 Å². The predicted octanol–water partition coefficient (Wildman–Crippen LogP) is 3.96. The quantitative estimate of drug-likeness (QED) is 0.586. The number of anilines is 1. The topological polar surface area (TPSA) is 75.6 Å². The highest BCUT2D eigenvalue weighted by Crippen LogP contribution is 2.21. The van der Waals surface area contributed by atoms with Gasteiger partial charge < -0.3 is 10.3 Å². The van der Waals surface area contributed by atoms with E-state index in [4.69, 9.17) is 11.6 Å². The highest BCUT2D eigenvalue weighted by atomic mass is 35.5. The molecule has 0 saturated carbocycles. The Balaban J connectivity index is 1.72. The van der Waals surface area contributed by atoms with Gasteiger partial charge in [0.05, 0.1) is 27.3 Å². The molecule has 4 aromatic rings. The molecule has 6 nitrogen and oxygen atoms in total. The number of aromatic amines is 1. The number of carbonyl (C=O) groups excluding carboxylic acids is 1. The van der Waals surface area contributed by atoms with E-state index >= 15 is 0 Å². The minimum Gasteiger partial charge on any atom is -0.322 e. The van der Waals surface area contributed by atoms with E-state index in [1.165, 1.54) is 0 Å². The van der Waals surface area contributed by atoms with Gasteiger partial charge in [-0.05, 0) is 31.2 Å². The van der Waals surface area contributed by atoms with E-state index in [1.807, 2.05) is 31.2 Å². The highest BCUT2D eigenvalue weighted by Gasteiger charge is 2.16. The molecular weight excluding hydrogens is 338 g/mol. The minimum atomic E-state index is -0.303. The third kappa shape index (κ3) is 2.88. The Bertz CT molecular complexity index is 1050. The molecule has 25 heavy (non-hydrogen) atoms. The van der Waals surface area contributed by atoms with Crippen molar-refractivity contribution in [3.63, 3.8) is 0 Å². The second kappa shape index (κ2) is 6.07. The highest BCUT2D eigenvalue weighted by molar-refractivity contribution is 6.34. The van der Waals surface area contributed by atoms with Crippen molar-refractivity contribution in [3.05, 3.63) is 70.9 Å². The van der Waals surface area contributed by atoms with Crippen molar-refractivity contribution in [2.24, 2.45) is 0 Å². The molecule has 0 saturated heterocycles. The van der Waals surface area contributed by atoms with Crippen molar-refractivity contribution in [1.29, 1.82) is 0 Å². The largest absolute Gasteiger partial charge is 0.322 e. The number of fused-ring (bicyclic) bond motifs is 1. The van der Waals surface area contributed by atoms with Crippen LogP contribution >= 0.6 is 11.6 Å². The molecule has 0 bridgehead atoms. The Morgan fingerprint density at radius 3 is 2.72 bits per heavy atom. The first-order valence-corrected chi connectivity index (χ1v) is 8.07. The fourth-order valence-electron chi connectivity index (χ4n) is 2.62. The lowest BCUT2D eigenvalue weighted by Crippen LogP contribution is -2.16. The molecule has 7 heteroatoms. The molecule has 0 aliphatic heterocycles. The number of para-hydroxylation sites is 2. The average molecular weight is 352 g/mol. The second-order valence-electron chi connectivity index (χ2n) is 5.59. The van der Waals surface area contributed by atoms with E-state index in [0.29, 0.717) is 22.4 Å². The Labute approximate surface area is 148 Å². The maximum absolute atomic E-state index is 12.5. The van der Waals surface area contributed by atoms with Gasteiger partial charge in [-0.3, -0.25) is 4.79 Å². The number of halogens is 1. The first kappa shape index (κ1) is 15.4. The number of hydrogen-bond acceptors (Lipinski definition) is 3. The van der Waals surface area contributed by atoms with Crippen molar-refractivity contribution in [1.82, 2.24) is 19.7 Å². The van der Waals surface area contributed by atoms with Crippen LogP contribution in [0.5, 0.6) is 0 Å². The Morgan fingerprint density at radius 2 is 1.92 bits per heavy atom. The second-order valence-corrected chi connectivity index (χ2v) is 6.00. The molecule has 0 atom stereocenters. The lowest BCUT2D eigenvalue weighted by molar-refractivity contribution is 0.102. The number of rotatable bonds is 3. The number of carbonyl (C=O) groups is 1. The molecular formula is C18H14ClN5O. The van der Waals surface area contributed by atoms with Gasteiger partial charge in [0.25, 0.3) is 5.91 Å². The normalized spacial score (nSPS) is 11.0. The van der Waals surface area contributed by atoms with Crippen LogP contribution in [0.15, 0.2) is 54.6 Å². The van der Waals surface area contributed by atoms with Crippen molar-refractivity contribution in [3.8, 4) is 5.95 Å². The van der Waals surface area contributed by atoms with Crippen molar-refractivity contribution in [2.75, 3.05) is 5.32 Å². The number of hydrogen-bond donors (Lipinski definition) is 2. The molecule has 2 heterocycles. The molecule has 0 fully saturated rings. The summed E-state index contributed by atoms with van der Waals surface area (Å²) < 4.78 is 1.57. The Morgan fingerprint density at radius 1 is 1.16 bits per heavy atom. The molecule has 0 spiro atoms. The Hall–Kier alpha value is -3.12. The number of nitrogens with zero attached hydrogens (tertiary/aromatic N) is 3. The number of amides is 1. The summed E-state index contributed by atoms with van der Waals surface area (Å²) in [4.78, 5) is 20.3. The zero-order chi connectivity index (χ0) is 17.4. The van der Waals surface area contributed by atoms with Gasteiger partial charge in [0.1, 0.15) is 5.82 Å². The van der Waals surface area contributed by atoms with Gasteiger partial charge in [0, 0.05) is 6.07 Å². The van der Waals surface area contributed by atoms with Gasteiger partial charge in [-0.15, -0.1) is 0 Å². The van der Waals surface area contributed by atoms with Crippen LogP contribution < -0.4 is 5.32 Å². The lowest BCUT2D eigenvalue weighted by Gasteiger charge is -2.07. The molecule has 1 amide bonds. The third-order valence-corrected chi connectivity index (χ3v) is 4.10. The van der Waals surface area contributed by atoms with Gasteiger partial charge in [0.15, 0.2) is 0 Å². The summed E-state index contributed by atoms with van der Waals surface area (Å²) in [5.74, 6) is 0.744. The first-order chi connectivity index (χ1) is 12.1. The average Bonchev–Trinajstić information content (AvgIpc) is 3.18. The van der Waals surface area contributed by atoms with E-state index in [9.17, 15) is 4.79 Å². The predicted molar refractivity (Wildman–Crippen MR) is 97.4 cm³/mol. The maximum Gasteiger partial charge on any atom is 0.258 e.